The zero-order valence-electron chi connectivity index (χ0n) is 5.94. The number of aliphatic imine (C=N–C) groups is 1. The first-order valence-electron chi connectivity index (χ1n) is 2.93. The largest absolute Gasteiger partial charge is 0.479 e. The lowest BCUT2D eigenvalue weighted by Gasteiger charge is -1.96. The number of hydrogen-bond donors (Lipinski definition) is 0. The molecule has 4 heteroatoms. The van der Waals surface area contributed by atoms with Crippen molar-refractivity contribution in [2.45, 2.75) is 0 Å². The van der Waals surface area contributed by atoms with Gasteiger partial charge in [-0.25, -0.2) is 0 Å². The first-order valence-corrected chi connectivity index (χ1v) is 3.81. The Kier molecular flexibility index (Phi) is 2.64. The molecular weight excluding hydrogens is 160 g/mol. The summed E-state index contributed by atoms with van der Waals surface area (Å²) in [6.45, 7) is 0. The Morgan fingerprint density at radius 2 is 2.64 bits per heavy atom. The summed E-state index contributed by atoms with van der Waals surface area (Å²) < 4.78 is 4.87. The summed E-state index contributed by atoms with van der Waals surface area (Å²) in [5, 5.41) is 10.2. The number of methoxy groups -OCH3 is 1. The Labute approximate surface area is 68.6 Å². The van der Waals surface area contributed by atoms with Gasteiger partial charge in [-0.15, -0.1) is 16.3 Å². The van der Waals surface area contributed by atoms with E-state index < -0.39 is 0 Å². The molecule has 3 nitrogen and oxygen atoms in total. The molecule has 0 fully saturated rings. The molecule has 0 aromatic carbocycles. The molecule has 0 radical (unpaired) electrons. The summed E-state index contributed by atoms with van der Waals surface area (Å²) >= 11 is 1.49. The van der Waals surface area contributed by atoms with Gasteiger partial charge in [0, 0.05) is 0 Å². The molecular formula is C7H6N2OS. The van der Waals surface area contributed by atoms with Gasteiger partial charge in [0.15, 0.2) is 0 Å². The second-order valence-electron chi connectivity index (χ2n) is 1.70. The molecule has 56 valence electrons. The van der Waals surface area contributed by atoms with E-state index in [9.17, 15) is 0 Å². The maximum absolute atomic E-state index is 8.25. The van der Waals surface area contributed by atoms with Crippen molar-refractivity contribution in [2.24, 2.45) is 4.99 Å². The van der Waals surface area contributed by atoms with Crippen molar-refractivity contribution in [1.29, 1.82) is 5.26 Å². The fraction of sp³-hybridized carbons (Fsp3) is 0.143. The van der Waals surface area contributed by atoms with Gasteiger partial charge in [0.1, 0.15) is 0 Å². The molecule has 1 rings (SSSR count). The van der Waals surface area contributed by atoms with Crippen molar-refractivity contribution in [1.82, 2.24) is 0 Å². The van der Waals surface area contributed by atoms with Crippen LogP contribution in [-0.4, -0.2) is 13.0 Å². The number of nitrogens with zero attached hydrogens (tertiary/aromatic N) is 2. The topological polar surface area (TPSA) is 45.4 Å². The molecule has 11 heavy (non-hydrogen) atoms. The van der Waals surface area contributed by atoms with Crippen molar-refractivity contribution in [3.05, 3.63) is 22.4 Å². The summed E-state index contributed by atoms with van der Waals surface area (Å²) in [6.07, 6.45) is 1.68. The Morgan fingerprint density at radius 3 is 3.09 bits per heavy atom. The smallest absolute Gasteiger partial charge is 0.241 e. The Hall–Kier alpha value is -1.34. The Bertz CT molecular complexity index is 284. The van der Waals surface area contributed by atoms with Crippen molar-refractivity contribution in [2.75, 3.05) is 7.11 Å². The molecule has 1 heterocycles. The molecule has 1 aromatic heterocycles. The van der Waals surface area contributed by atoms with E-state index >= 15 is 0 Å². The highest BCUT2D eigenvalue weighted by atomic mass is 32.1. The van der Waals surface area contributed by atoms with E-state index in [0.717, 1.165) is 4.88 Å². The molecule has 1 aromatic rings. The van der Waals surface area contributed by atoms with Gasteiger partial charge in [-0.05, 0) is 11.4 Å². The van der Waals surface area contributed by atoms with E-state index in [-0.39, 0.29) is 0 Å². The van der Waals surface area contributed by atoms with Crippen molar-refractivity contribution in [3.63, 3.8) is 0 Å². The lowest BCUT2D eigenvalue weighted by atomic mass is 10.5. The number of rotatable bonds is 1. The van der Waals surface area contributed by atoms with Crippen LogP contribution in [0.15, 0.2) is 22.5 Å². The minimum absolute atomic E-state index is 0.377. The van der Waals surface area contributed by atoms with E-state index in [4.69, 9.17) is 10.00 Å². The molecule has 0 saturated carbocycles. The maximum atomic E-state index is 8.25. The van der Waals surface area contributed by atoms with E-state index in [0.29, 0.717) is 5.90 Å². The van der Waals surface area contributed by atoms with Crippen LogP contribution in [0.5, 0.6) is 0 Å². The van der Waals surface area contributed by atoms with Crippen molar-refractivity contribution < 1.29 is 4.74 Å². The zero-order valence-corrected chi connectivity index (χ0v) is 6.76. The minimum atomic E-state index is 0.377. The molecule has 0 aliphatic rings. The third-order valence-electron chi connectivity index (χ3n) is 1.08. The van der Waals surface area contributed by atoms with Crippen LogP contribution in [0.25, 0.3) is 0 Å². The first-order chi connectivity index (χ1) is 5.38. The van der Waals surface area contributed by atoms with Gasteiger partial charge in [-0.2, -0.15) is 5.26 Å². The number of nitriles is 1. The van der Waals surface area contributed by atoms with Crippen molar-refractivity contribution in [3.8, 4) is 6.19 Å². The van der Waals surface area contributed by atoms with Crippen LogP contribution in [0.1, 0.15) is 4.88 Å². The number of ether oxygens (including phenoxy) is 1. The van der Waals surface area contributed by atoms with Gasteiger partial charge >= 0.3 is 0 Å². The zero-order chi connectivity index (χ0) is 8.10. The van der Waals surface area contributed by atoms with Crippen LogP contribution in [0, 0.1) is 11.5 Å². The monoisotopic (exact) mass is 166 g/mol. The Morgan fingerprint density at radius 1 is 1.82 bits per heavy atom. The number of hydrogen-bond acceptors (Lipinski definition) is 4. The number of thiophene rings is 1. The minimum Gasteiger partial charge on any atom is -0.479 e. The molecule has 0 amide bonds. The van der Waals surface area contributed by atoms with Gasteiger partial charge in [0.2, 0.25) is 12.1 Å². The summed E-state index contributed by atoms with van der Waals surface area (Å²) in [7, 11) is 1.50. The molecule has 0 atom stereocenters. The lowest BCUT2D eigenvalue weighted by molar-refractivity contribution is 0.406. The average molecular weight is 166 g/mol. The second-order valence-corrected chi connectivity index (χ2v) is 2.65. The quantitative estimate of drug-likeness (QED) is 0.361. The van der Waals surface area contributed by atoms with E-state index in [1.807, 2.05) is 17.5 Å². The average Bonchev–Trinajstić information content (AvgIpc) is 2.52. The first kappa shape index (κ1) is 7.76. The van der Waals surface area contributed by atoms with Crippen LogP contribution in [0.2, 0.25) is 0 Å². The predicted molar refractivity (Wildman–Crippen MR) is 43.5 cm³/mol. The molecule has 0 aliphatic carbocycles. The molecule has 0 bridgehead atoms. The van der Waals surface area contributed by atoms with E-state index in [2.05, 4.69) is 4.99 Å². The lowest BCUT2D eigenvalue weighted by Crippen LogP contribution is -1.99. The molecule has 0 saturated heterocycles. The van der Waals surface area contributed by atoms with Crippen LogP contribution >= 0.6 is 11.3 Å². The summed E-state index contributed by atoms with van der Waals surface area (Å²) in [5.41, 5.74) is 0. The van der Waals surface area contributed by atoms with Crippen molar-refractivity contribution >= 4 is 17.2 Å². The van der Waals surface area contributed by atoms with Crippen LogP contribution in [-0.2, 0) is 4.74 Å². The maximum Gasteiger partial charge on any atom is 0.241 e. The highest BCUT2D eigenvalue weighted by molar-refractivity contribution is 7.12. The van der Waals surface area contributed by atoms with Gasteiger partial charge in [-0.1, -0.05) is 6.07 Å². The molecule has 0 aliphatic heterocycles. The molecule has 0 spiro atoms. The molecule has 0 unspecified atom stereocenters. The third-order valence-corrected chi connectivity index (χ3v) is 1.93. The standard InChI is InChI=1S/C7H6N2OS/c1-10-7(9-5-8)6-3-2-4-11-6/h2-4H,1H3/b9-7-. The molecule has 0 N–H and O–H groups in total. The predicted octanol–water partition coefficient (Wildman–Crippen LogP) is 1.62. The van der Waals surface area contributed by atoms with Gasteiger partial charge in [0.25, 0.3) is 0 Å². The highest BCUT2D eigenvalue weighted by Gasteiger charge is 2.02. The summed E-state index contributed by atoms with van der Waals surface area (Å²) in [5.74, 6) is 0.377. The summed E-state index contributed by atoms with van der Waals surface area (Å²) in [6, 6.07) is 3.73. The van der Waals surface area contributed by atoms with E-state index in [1.54, 1.807) is 6.19 Å². The van der Waals surface area contributed by atoms with Gasteiger partial charge < -0.3 is 4.74 Å². The van der Waals surface area contributed by atoms with Crippen LogP contribution in [0.3, 0.4) is 0 Å². The highest BCUT2D eigenvalue weighted by Crippen LogP contribution is 2.09. The normalized spacial score (nSPS) is 10.7. The van der Waals surface area contributed by atoms with Gasteiger partial charge in [-0.3, -0.25) is 0 Å². The van der Waals surface area contributed by atoms with Crippen LogP contribution in [0.4, 0.5) is 0 Å². The summed E-state index contributed by atoms with van der Waals surface area (Å²) in [4.78, 5) is 4.36. The second kappa shape index (κ2) is 3.74. The van der Waals surface area contributed by atoms with Crippen LogP contribution < -0.4 is 0 Å². The van der Waals surface area contributed by atoms with E-state index in [1.165, 1.54) is 18.4 Å². The Balaban J connectivity index is 2.91. The fourth-order valence-electron chi connectivity index (χ4n) is 0.647. The third kappa shape index (κ3) is 1.79. The fourth-order valence-corrected chi connectivity index (χ4v) is 1.34. The van der Waals surface area contributed by atoms with Gasteiger partial charge in [0.05, 0.1) is 12.0 Å². The SMILES string of the molecule is CO/C(=N\C#N)c1cccs1.